The Morgan fingerprint density at radius 2 is 1.88 bits per heavy atom. The lowest BCUT2D eigenvalue weighted by Crippen LogP contribution is -2.34. The summed E-state index contributed by atoms with van der Waals surface area (Å²) in [4.78, 5) is 26.3. The molecule has 2 amide bonds. The summed E-state index contributed by atoms with van der Waals surface area (Å²) >= 11 is 3.39. The van der Waals surface area contributed by atoms with Crippen LogP contribution < -0.4 is 15.0 Å². The minimum absolute atomic E-state index is 0.0115. The van der Waals surface area contributed by atoms with E-state index in [1.165, 1.54) is 0 Å². The van der Waals surface area contributed by atoms with Crippen molar-refractivity contribution in [3.8, 4) is 5.75 Å². The highest BCUT2D eigenvalue weighted by Gasteiger charge is 2.34. The van der Waals surface area contributed by atoms with Gasteiger partial charge in [-0.05, 0) is 48.4 Å². The van der Waals surface area contributed by atoms with Crippen molar-refractivity contribution < 1.29 is 14.3 Å². The number of halogens is 1. The van der Waals surface area contributed by atoms with Gasteiger partial charge in [0, 0.05) is 29.7 Å². The van der Waals surface area contributed by atoms with Crippen LogP contribution in [0.3, 0.4) is 0 Å². The smallest absolute Gasteiger partial charge is 0.227 e. The van der Waals surface area contributed by atoms with Crippen LogP contribution in [0.5, 0.6) is 5.75 Å². The van der Waals surface area contributed by atoms with Gasteiger partial charge in [-0.25, -0.2) is 0 Å². The zero-order valence-electron chi connectivity index (χ0n) is 14.6. The van der Waals surface area contributed by atoms with Gasteiger partial charge in [0.05, 0.1) is 13.0 Å². The molecule has 0 radical (unpaired) electrons. The van der Waals surface area contributed by atoms with E-state index in [0.29, 0.717) is 13.1 Å². The van der Waals surface area contributed by atoms with Crippen LogP contribution in [0, 0.1) is 5.92 Å². The van der Waals surface area contributed by atoms with Crippen molar-refractivity contribution in [2.45, 2.75) is 12.8 Å². The average molecular weight is 417 g/mol. The van der Waals surface area contributed by atoms with Crippen LogP contribution in [0.2, 0.25) is 0 Å². The molecule has 1 heterocycles. The van der Waals surface area contributed by atoms with Gasteiger partial charge in [0.1, 0.15) is 5.75 Å². The third-order valence-electron chi connectivity index (χ3n) is 4.51. The van der Waals surface area contributed by atoms with Gasteiger partial charge in [-0.1, -0.05) is 28.1 Å². The number of rotatable bonds is 6. The van der Waals surface area contributed by atoms with E-state index in [0.717, 1.165) is 27.9 Å². The average Bonchev–Trinajstić information content (AvgIpc) is 3.05. The molecule has 5 nitrogen and oxygen atoms in total. The molecule has 0 bridgehead atoms. The van der Waals surface area contributed by atoms with Gasteiger partial charge in [0.25, 0.3) is 0 Å². The molecule has 0 aromatic heterocycles. The Bertz CT molecular complexity index is 775. The summed E-state index contributed by atoms with van der Waals surface area (Å²) in [6, 6.07) is 15.3. The molecule has 2 aromatic carbocycles. The maximum Gasteiger partial charge on any atom is 0.227 e. The van der Waals surface area contributed by atoms with Gasteiger partial charge < -0.3 is 15.0 Å². The first kappa shape index (κ1) is 18.5. The van der Waals surface area contributed by atoms with E-state index in [1.54, 1.807) is 12.0 Å². The highest BCUT2D eigenvalue weighted by atomic mass is 79.9. The predicted molar refractivity (Wildman–Crippen MR) is 104 cm³/mol. The number of carbonyl (C=O) groups excluding carboxylic acids is 2. The second-order valence-electron chi connectivity index (χ2n) is 6.27. The molecule has 136 valence electrons. The summed E-state index contributed by atoms with van der Waals surface area (Å²) in [6.07, 6.45) is 0.997. The van der Waals surface area contributed by atoms with Gasteiger partial charge in [0.2, 0.25) is 11.8 Å². The van der Waals surface area contributed by atoms with E-state index in [2.05, 4.69) is 21.2 Å². The summed E-state index contributed by atoms with van der Waals surface area (Å²) in [5, 5.41) is 2.95. The predicted octanol–water partition coefficient (Wildman–Crippen LogP) is 3.17. The number of benzene rings is 2. The highest BCUT2D eigenvalue weighted by molar-refractivity contribution is 9.10. The Kier molecular flexibility index (Phi) is 5.93. The molecule has 1 aliphatic rings. The van der Waals surface area contributed by atoms with Gasteiger partial charge in [-0.3, -0.25) is 9.59 Å². The van der Waals surface area contributed by atoms with E-state index < -0.39 is 0 Å². The molecule has 3 rings (SSSR count). The fourth-order valence-corrected chi connectivity index (χ4v) is 3.28. The second kappa shape index (κ2) is 8.36. The lowest BCUT2D eigenvalue weighted by molar-refractivity contribution is -0.126. The summed E-state index contributed by atoms with van der Waals surface area (Å²) in [5.41, 5.74) is 1.96. The molecule has 1 fully saturated rings. The summed E-state index contributed by atoms with van der Waals surface area (Å²) in [5.74, 6) is 0.436. The number of anilines is 1. The van der Waals surface area contributed by atoms with Crippen LogP contribution in [0.1, 0.15) is 12.0 Å². The fourth-order valence-electron chi connectivity index (χ4n) is 3.02. The maximum atomic E-state index is 12.4. The van der Waals surface area contributed by atoms with Crippen molar-refractivity contribution in [1.29, 1.82) is 0 Å². The maximum absolute atomic E-state index is 12.4. The van der Waals surface area contributed by atoms with Crippen LogP contribution in [0.4, 0.5) is 5.69 Å². The first-order valence-electron chi connectivity index (χ1n) is 8.53. The van der Waals surface area contributed by atoms with Crippen LogP contribution >= 0.6 is 15.9 Å². The molecule has 1 N–H and O–H groups in total. The van der Waals surface area contributed by atoms with Crippen molar-refractivity contribution in [3.05, 3.63) is 58.6 Å². The largest absolute Gasteiger partial charge is 0.497 e. The zero-order chi connectivity index (χ0) is 18.5. The van der Waals surface area contributed by atoms with Gasteiger partial charge in [-0.2, -0.15) is 0 Å². The van der Waals surface area contributed by atoms with E-state index >= 15 is 0 Å². The van der Waals surface area contributed by atoms with Crippen molar-refractivity contribution >= 4 is 33.4 Å². The molecule has 0 saturated carbocycles. The Morgan fingerprint density at radius 3 is 2.54 bits per heavy atom. The lowest BCUT2D eigenvalue weighted by atomic mass is 10.1. The first-order chi connectivity index (χ1) is 12.6. The van der Waals surface area contributed by atoms with Gasteiger partial charge >= 0.3 is 0 Å². The Balaban J connectivity index is 1.50. The summed E-state index contributed by atoms with van der Waals surface area (Å²) < 4.78 is 6.09. The molecule has 0 aliphatic carbocycles. The van der Waals surface area contributed by atoms with E-state index in [-0.39, 0.29) is 24.2 Å². The van der Waals surface area contributed by atoms with Crippen molar-refractivity contribution in [1.82, 2.24) is 5.32 Å². The highest BCUT2D eigenvalue weighted by Crippen LogP contribution is 2.26. The molecular weight excluding hydrogens is 396 g/mol. The fraction of sp³-hybridized carbons (Fsp3) is 0.300. The van der Waals surface area contributed by atoms with Crippen molar-refractivity contribution in [3.63, 3.8) is 0 Å². The zero-order valence-corrected chi connectivity index (χ0v) is 16.2. The number of carbonyl (C=O) groups is 2. The molecule has 1 saturated heterocycles. The van der Waals surface area contributed by atoms with Crippen LogP contribution in [-0.4, -0.2) is 32.0 Å². The molecule has 1 unspecified atom stereocenters. The van der Waals surface area contributed by atoms with Crippen molar-refractivity contribution in [2.75, 3.05) is 25.1 Å². The van der Waals surface area contributed by atoms with E-state index in [9.17, 15) is 9.59 Å². The molecule has 0 spiro atoms. The Morgan fingerprint density at radius 1 is 1.19 bits per heavy atom. The first-order valence-corrected chi connectivity index (χ1v) is 9.32. The van der Waals surface area contributed by atoms with E-state index in [4.69, 9.17) is 4.74 Å². The third-order valence-corrected chi connectivity index (χ3v) is 5.03. The Labute approximate surface area is 161 Å². The van der Waals surface area contributed by atoms with Crippen LogP contribution in [-0.2, 0) is 16.0 Å². The topological polar surface area (TPSA) is 58.6 Å². The third kappa shape index (κ3) is 4.43. The van der Waals surface area contributed by atoms with Crippen LogP contribution in [0.25, 0.3) is 0 Å². The molecule has 6 heteroatoms. The number of amides is 2. The molecule has 26 heavy (non-hydrogen) atoms. The monoisotopic (exact) mass is 416 g/mol. The summed E-state index contributed by atoms with van der Waals surface area (Å²) in [6.45, 7) is 0.975. The number of hydrogen-bond donors (Lipinski definition) is 1. The van der Waals surface area contributed by atoms with E-state index in [1.807, 2.05) is 48.5 Å². The van der Waals surface area contributed by atoms with Gasteiger partial charge in [-0.15, -0.1) is 0 Å². The standard InChI is InChI=1S/C20H21BrN2O3/c1-26-18-8-2-14(3-9-18)10-11-22-20(25)15-12-19(24)23(13-15)17-6-4-16(21)5-7-17/h2-9,15H,10-13H2,1H3,(H,22,25). The molecule has 2 aromatic rings. The van der Waals surface area contributed by atoms with Crippen LogP contribution in [0.15, 0.2) is 53.0 Å². The number of hydrogen-bond acceptors (Lipinski definition) is 3. The SMILES string of the molecule is COc1ccc(CCNC(=O)C2CC(=O)N(c3ccc(Br)cc3)C2)cc1. The number of ether oxygens (including phenoxy) is 1. The molecular formula is C20H21BrN2O3. The number of nitrogens with one attached hydrogen (secondary N) is 1. The van der Waals surface area contributed by atoms with Gasteiger partial charge in [0.15, 0.2) is 0 Å². The summed E-state index contributed by atoms with van der Waals surface area (Å²) in [7, 11) is 1.63. The lowest BCUT2D eigenvalue weighted by Gasteiger charge is -2.16. The molecule has 1 atom stereocenters. The Hall–Kier alpha value is -2.34. The van der Waals surface area contributed by atoms with Crippen molar-refractivity contribution in [2.24, 2.45) is 5.92 Å². The second-order valence-corrected chi connectivity index (χ2v) is 7.19. The number of nitrogens with zero attached hydrogens (tertiary/aromatic N) is 1. The minimum Gasteiger partial charge on any atom is -0.497 e. The minimum atomic E-state index is -0.304. The number of methoxy groups -OCH3 is 1. The quantitative estimate of drug-likeness (QED) is 0.786. The molecule has 1 aliphatic heterocycles. The normalized spacial score (nSPS) is 16.6.